The quantitative estimate of drug-likeness (QED) is 0.0890. The molecule has 5 heterocycles. The number of esters is 2. The van der Waals surface area contributed by atoms with Gasteiger partial charge in [-0.25, -0.2) is 0 Å². The van der Waals surface area contributed by atoms with Gasteiger partial charge in [0.15, 0.2) is 55.2 Å². The SMILES string of the molecule is COC(C(=O)C(O)C(C)O)C1Cc2cc3cc(O[C@H]4C[C@@H](O[C@@H]5C[C@@H](O)[C@@H](OC)[C@@H](C)O5)[C@@H](OC(C)=O)[C@@H](C)O4)c(C)c(O)c3c(O)c2C(=O)C1O[C@H]1C[C@@H](O[C@H]2C[C@@H](O[C@H]3C[C@](C)(O)[C@@H](OC(=O)C(C)C)[C@H](O)O3)[C@H](O)[C@@H](C)O2)[C@H](O)[C@@H](C)O1. The molecule has 25 atom stereocenters. The highest BCUT2D eigenvalue weighted by molar-refractivity contribution is 6.11. The van der Waals surface area contributed by atoms with Gasteiger partial charge in [-0.1, -0.05) is 13.8 Å². The highest BCUT2D eigenvalue weighted by atomic mass is 16.8. The third-order valence-corrected chi connectivity index (χ3v) is 16.8. The number of fused-ring (bicyclic) bond motifs is 2. The Balaban J connectivity index is 1.03. The number of ether oxygens (including phenoxy) is 14. The predicted octanol–water partition coefficient (Wildman–Crippen LogP) is 1.11. The van der Waals surface area contributed by atoms with Crippen molar-refractivity contribution in [3.63, 3.8) is 0 Å². The molecule has 0 saturated carbocycles. The number of hydrogen-bond donors (Lipinski definition) is 9. The lowest BCUT2D eigenvalue weighted by Crippen LogP contribution is -2.60. The summed E-state index contributed by atoms with van der Waals surface area (Å²) < 4.78 is 83.7. The first-order valence-electron chi connectivity index (χ1n) is 28.8. The van der Waals surface area contributed by atoms with Crippen molar-refractivity contribution in [1.29, 1.82) is 0 Å². The van der Waals surface area contributed by atoms with Crippen LogP contribution in [0.2, 0.25) is 0 Å². The van der Waals surface area contributed by atoms with Crippen molar-refractivity contribution < 1.29 is 131 Å². The first-order chi connectivity index (χ1) is 39.9. The van der Waals surface area contributed by atoms with E-state index in [4.69, 9.17) is 66.3 Å². The van der Waals surface area contributed by atoms with Crippen molar-refractivity contribution in [1.82, 2.24) is 0 Å². The lowest BCUT2D eigenvalue weighted by Gasteiger charge is -2.46. The second-order valence-corrected chi connectivity index (χ2v) is 23.8. The molecule has 0 bridgehead atoms. The summed E-state index contributed by atoms with van der Waals surface area (Å²) in [5.41, 5.74) is -1.81. The number of hydrogen-bond acceptors (Lipinski definition) is 27. The molecule has 5 fully saturated rings. The zero-order valence-electron chi connectivity index (χ0n) is 49.7. The summed E-state index contributed by atoms with van der Waals surface area (Å²) in [6.07, 6.45) is -28.5. The Morgan fingerprint density at radius 1 is 0.706 bits per heavy atom. The van der Waals surface area contributed by atoms with Crippen molar-refractivity contribution in [3.05, 3.63) is 28.8 Å². The number of carbonyl (C=O) groups excluding carboxylic acids is 4. The number of Topliss-reactive ketones (excluding diaryl/α,β-unsaturated/α-hetero) is 2. The third kappa shape index (κ3) is 14.4. The minimum atomic E-state index is -1.98. The average Bonchev–Trinajstić information content (AvgIpc) is 2.39. The van der Waals surface area contributed by atoms with Crippen LogP contribution >= 0.6 is 0 Å². The lowest BCUT2D eigenvalue weighted by atomic mass is 9.75. The molecule has 5 unspecified atom stereocenters. The normalized spacial score (nSPS) is 39.2. The van der Waals surface area contributed by atoms with E-state index < -0.39 is 194 Å². The molecule has 5 aliphatic heterocycles. The summed E-state index contributed by atoms with van der Waals surface area (Å²) in [5.74, 6) is -6.04. The summed E-state index contributed by atoms with van der Waals surface area (Å²) in [5, 5.41) is 101. The van der Waals surface area contributed by atoms with Gasteiger partial charge in [0, 0.05) is 64.7 Å². The summed E-state index contributed by atoms with van der Waals surface area (Å²) in [4.78, 5) is 53.8. The van der Waals surface area contributed by atoms with Crippen LogP contribution in [0.15, 0.2) is 12.1 Å². The van der Waals surface area contributed by atoms with Gasteiger partial charge < -0.3 is 112 Å². The van der Waals surface area contributed by atoms with Crippen LogP contribution in [-0.2, 0) is 82.4 Å². The molecule has 478 valence electrons. The standard InChI is InChI=1S/C58H84O27/c1-21(2)56(69)85-55-57(70)84-41(20-58(55,10)71)81-35-17-38(74-24(5)47(35)65)80-34-18-40(75-25(6)46(34)64)83-54-31(53(73-12)50(68)45(63)23(4)59)14-29-13-30-15-33(22(3)44(62)42(30)48(66)43(29)49(54)67)79-39-19-36(52(27(8)77-39)78-28(9)60)82-37-16-32(61)51(72-11)26(7)76-37/h13,15,21,23-27,31-32,34-41,45-47,51-55,57,59,61-66,70-71H,14,16-20H2,1-12H3/t23?,24-,25-,26-,27-,31?,32-,34-,35-,36-,37-,38+,39+,40+,41-,45?,46-,47-,51+,52+,53?,54?,55+,57-,58+/m1/s1. The second-order valence-electron chi connectivity index (χ2n) is 23.8. The van der Waals surface area contributed by atoms with E-state index in [1.54, 1.807) is 34.6 Å². The van der Waals surface area contributed by atoms with Crippen molar-refractivity contribution >= 4 is 34.3 Å². The van der Waals surface area contributed by atoms with E-state index in [1.165, 1.54) is 61.0 Å². The summed E-state index contributed by atoms with van der Waals surface area (Å²) >= 11 is 0. The molecule has 27 nitrogen and oxygen atoms in total. The smallest absolute Gasteiger partial charge is 0.308 e. The second kappa shape index (κ2) is 27.2. The van der Waals surface area contributed by atoms with Gasteiger partial charge in [-0.05, 0) is 78.0 Å². The molecule has 2 aromatic carbocycles. The van der Waals surface area contributed by atoms with E-state index >= 15 is 4.79 Å². The fourth-order valence-corrected chi connectivity index (χ4v) is 12.2. The lowest BCUT2D eigenvalue weighted by molar-refractivity contribution is -0.357. The van der Waals surface area contributed by atoms with Gasteiger partial charge in [-0.15, -0.1) is 0 Å². The molecule has 85 heavy (non-hydrogen) atoms. The van der Waals surface area contributed by atoms with Gasteiger partial charge in [0.25, 0.3) is 0 Å². The molecule has 8 rings (SSSR count). The summed E-state index contributed by atoms with van der Waals surface area (Å²) in [7, 11) is 2.63. The van der Waals surface area contributed by atoms with Crippen LogP contribution < -0.4 is 4.74 Å². The molecule has 0 spiro atoms. The minimum Gasteiger partial charge on any atom is -0.507 e. The Morgan fingerprint density at radius 2 is 1.26 bits per heavy atom. The number of aliphatic hydroxyl groups is 7. The molecule has 1 aliphatic carbocycles. The van der Waals surface area contributed by atoms with Gasteiger partial charge in [0.2, 0.25) is 6.29 Å². The van der Waals surface area contributed by atoms with E-state index in [9.17, 15) is 60.3 Å². The first kappa shape index (κ1) is 66.6. The maximum atomic E-state index is 15.2. The van der Waals surface area contributed by atoms with Crippen LogP contribution in [0.3, 0.4) is 0 Å². The van der Waals surface area contributed by atoms with Crippen LogP contribution in [0.25, 0.3) is 10.8 Å². The molecule has 9 N–H and O–H groups in total. The number of phenolic OH excluding ortho intramolecular Hbond substituents is 2. The maximum Gasteiger partial charge on any atom is 0.308 e. The number of aliphatic hydroxyl groups excluding tert-OH is 6. The van der Waals surface area contributed by atoms with Crippen molar-refractivity contribution in [2.75, 3.05) is 14.2 Å². The van der Waals surface area contributed by atoms with Crippen LogP contribution in [0.1, 0.15) is 116 Å². The Labute approximate surface area is 491 Å². The average molecular weight is 1210 g/mol. The molecule has 6 aliphatic rings. The molecular weight excluding hydrogens is 1130 g/mol. The molecule has 5 saturated heterocycles. The monoisotopic (exact) mass is 1210 g/mol. The Bertz CT molecular complexity index is 2670. The van der Waals surface area contributed by atoms with Gasteiger partial charge in [-0.2, -0.15) is 0 Å². The molecule has 2 aromatic rings. The highest BCUT2D eigenvalue weighted by Crippen LogP contribution is 2.48. The van der Waals surface area contributed by atoms with Gasteiger partial charge in [-0.3, -0.25) is 19.2 Å². The van der Waals surface area contributed by atoms with Crippen LogP contribution in [0.4, 0.5) is 0 Å². The van der Waals surface area contributed by atoms with E-state index in [1.807, 2.05) is 0 Å². The zero-order valence-corrected chi connectivity index (χ0v) is 49.7. The predicted molar refractivity (Wildman–Crippen MR) is 288 cm³/mol. The number of carbonyl (C=O) groups is 4. The van der Waals surface area contributed by atoms with Gasteiger partial charge in [0.05, 0.1) is 65.7 Å². The Kier molecular flexibility index (Phi) is 21.3. The zero-order chi connectivity index (χ0) is 62.4. The summed E-state index contributed by atoms with van der Waals surface area (Å²) in [6.45, 7) is 14.9. The first-order valence-corrected chi connectivity index (χ1v) is 28.8. The fourth-order valence-electron chi connectivity index (χ4n) is 12.2. The molecule has 27 heteroatoms. The molecule has 0 amide bonds. The number of rotatable bonds is 19. The van der Waals surface area contributed by atoms with Gasteiger partial charge >= 0.3 is 11.9 Å². The minimum absolute atomic E-state index is 0.0324. The number of ketones is 2. The summed E-state index contributed by atoms with van der Waals surface area (Å²) in [6, 6.07) is 3.02. The van der Waals surface area contributed by atoms with Gasteiger partial charge in [0.1, 0.15) is 65.6 Å². The van der Waals surface area contributed by atoms with E-state index in [-0.39, 0.29) is 71.7 Å². The Morgan fingerprint density at radius 3 is 1.82 bits per heavy atom. The van der Waals surface area contributed by atoms with Crippen molar-refractivity contribution in [2.45, 2.75) is 255 Å². The topological polar surface area (TPSA) is 380 Å². The number of benzene rings is 2. The van der Waals surface area contributed by atoms with E-state index in [2.05, 4.69) is 0 Å². The van der Waals surface area contributed by atoms with Crippen molar-refractivity contribution in [3.8, 4) is 17.2 Å². The fraction of sp³-hybridized carbons (Fsp3) is 0.759. The molecule has 0 radical (unpaired) electrons. The van der Waals surface area contributed by atoms with Crippen molar-refractivity contribution in [2.24, 2.45) is 11.8 Å². The van der Waals surface area contributed by atoms with Crippen LogP contribution in [-0.4, -0.2) is 231 Å². The number of methoxy groups -OCH3 is 2. The largest absolute Gasteiger partial charge is 0.507 e. The highest BCUT2D eigenvalue weighted by Gasteiger charge is 2.53. The maximum absolute atomic E-state index is 15.2. The molecular formula is C58H84O27. The van der Waals surface area contributed by atoms with Crippen LogP contribution in [0.5, 0.6) is 17.2 Å². The van der Waals surface area contributed by atoms with E-state index in [0.717, 1.165) is 0 Å². The number of phenols is 2. The van der Waals surface area contributed by atoms with Crippen LogP contribution in [0, 0.1) is 18.8 Å². The molecule has 0 aromatic heterocycles. The Hall–Kier alpha value is -4.34. The third-order valence-electron chi connectivity index (χ3n) is 16.8. The number of aromatic hydroxyl groups is 2. The van der Waals surface area contributed by atoms with E-state index in [0.29, 0.717) is 0 Å².